The molecule has 1 aromatic heterocycles. The minimum atomic E-state index is -3.43. The highest BCUT2D eigenvalue weighted by molar-refractivity contribution is 7.91. The Hall–Kier alpha value is -2.72. The van der Waals surface area contributed by atoms with Crippen LogP contribution in [0.1, 0.15) is 26.5 Å². The molecule has 2 heterocycles. The molecule has 0 saturated carbocycles. The molecule has 0 radical (unpaired) electrons. The minimum absolute atomic E-state index is 0.102. The molecule has 10 heteroatoms. The topological polar surface area (TPSA) is 114 Å². The molecule has 1 fully saturated rings. The third-order valence-electron chi connectivity index (χ3n) is 5.55. The van der Waals surface area contributed by atoms with Gasteiger partial charge in [0.05, 0.1) is 24.9 Å². The van der Waals surface area contributed by atoms with Gasteiger partial charge in [0.25, 0.3) is 0 Å². The number of ether oxygens (including phenoxy) is 1. The Balaban J connectivity index is 2.08. The number of urea groups is 1. The largest absolute Gasteiger partial charge is 0.377 e. The van der Waals surface area contributed by atoms with Crippen LogP contribution in [-0.2, 0) is 19.3 Å². The summed E-state index contributed by atoms with van der Waals surface area (Å²) in [6.45, 7) is 7.15. The zero-order chi connectivity index (χ0) is 22.8. The van der Waals surface area contributed by atoms with E-state index in [4.69, 9.17) is 9.72 Å². The van der Waals surface area contributed by atoms with E-state index in [0.717, 1.165) is 5.56 Å². The van der Waals surface area contributed by atoms with Crippen LogP contribution in [0.5, 0.6) is 0 Å². The molecule has 31 heavy (non-hydrogen) atoms. The van der Waals surface area contributed by atoms with Crippen molar-refractivity contribution in [2.24, 2.45) is 0 Å². The predicted molar refractivity (Wildman–Crippen MR) is 121 cm³/mol. The van der Waals surface area contributed by atoms with Gasteiger partial charge in [-0.2, -0.15) is 0 Å². The van der Waals surface area contributed by atoms with E-state index in [1.54, 1.807) is 51.2 Å². The number of rotatable bonds is 5. The Kier molecular flexibility index (Phi) is 6.51. The van der Waals surface area contributed by atoms with Gasteiger partial charge in [0.2, 0.25) is 0 Å². The number of aromatic nitrogens is 2. The molecular formula is C21H29N5O4S. The molecule has 9 nitrogen and oxygen atoms in total. The number of morpholine rings is 1. The molecule has 1 atom stereocenters. The molecule has 0 unspecified atom stereocenters. The molecule has 1 saturated heterocycles. The maximum atomic E-state index is 12.5. The lowest BCUT2D eigenvalue weighted by molar-refractivity contribution is 0.0985. The standard InChI is InChI=1S/C21H29N5O4S/c1-14-13-30-11-10-26(14)18-12-17(21(2,3)31(5,28)29)24-19(25-18)15-6-8-16(9-7-15)23-20(27)22-4/h6-9,12,14H,10-11,13H2,1-5H3,(H2,22,23,27)/t14-/m0/s1. The van der Waals surface area contributed by atoms with E-state index in [1.807, 2.05) is 6.92 Å². The van der Waals surface area contributed by atoms with Gasteiger partial charge in [-0.05, 0) is 45.0 Å². The van der Waals surface area contributed by atoms with E-state index in [1.165, 1.54) is 6.26 Å². The minimum Gasteiger partial charge on any atom is -0.377 e. The van der Waals surface area contributed by atoms with Crippen LogP contribution in [0.15, 0.2) is 30.3 Å². The second-order valence-corrected chi connectivity index (χ2v) is 10.7. The van der Waals surface area contributed by atoms with Crippen molar-refractivity contribution in [3.8, 4) is 11.4 Å². The highest BCUT2D eigenvalue weighted by atomic mass is 32.2. The lowest BCUT2D eigenvalue weighted by Crippen LogP contribution is -2.44. The molecule has 2 amide bonds. The van der Waals surface area contributed by atoms with Crippen molar-refractivity contribution >= 4 is 27.4 Å². The first-order valence-corrected chi connectivity index (χ1v) is 11.9. The number of nitrogens with zero attached hydrogens (tertiary/aromatic N) is 3. The lowest BCUT2D eigenvalue weighted by atomic mass is 10.1. The van der Waals surface area contributed by atoms with E-state index < -0.39 is 14.6 Å². The number of amides is 2. The van der Waals surface area contributed by atoms with E-state index in [0.29, 0.717) is 42.8 Å². The molecule has 0 spiro atoms. The molecule has 168 valence electrons. The monoisotopic (exact) mass is 447 g/mol. The van der Waals surface area contributed by atoms with Crippen molar-refractivity contribution in [1.82, 2.24) is 15.3 Å². The maximum absolute atomic E-state index is 12.5. The van der Waals surface area contributed by atoms with Gasteiger partial charge >= 0.3 is 6.03 Å². The number of anilines is 2. The molecule has 1 aliphatic heterocycles. The molecule has 3 rings (SSSR count). The summed E-state index contributed by atoms with van der Waals surface area (Å²) in [7, 11) is -1.88. The van der Waals surface area contributed by atoms with Crippen LogP contribution in [0.25, 0.3) is 11.4 Å². The van der Waals surface area contributed by atoms with Gasteiger partial charge in [-0.1, -0.05) is 0 Å². The van der Waals surface area contributed by atoms with Crippen LogP contribution in [0.3, 0.4) is 0 Å². The highest BCUT2D eigenvalue weighted by Crippen LogP contribution is 2.32. The third-order valence-corrected chi connectivity index (χ3v) is 7.61. The second kappa shape index (κ2) is 8.80. The molecule has 1 aromatic carbocycles. The van der Waals surface area contributed by atoms with Crippen LogP contribution in [0.4, 0.5) is 16.3 Å². The van der Waals surface area contributed by atoms with E-state index in [9.17, 15) is 13.2 Å². The van der Waals surface area contributed by atoms with Gasteiger partial charge in [0.1, 0.15) is 10.6 Å². The number of hydrogen-bond acceptors (Lipinski definition) is 7. The summed E-state index contributed by atoms with van der Waals surface area (Å²) in [4.78, 5) is 23.0. The van der Waals surface area contributed by atoms with E-state index in [-0.39, 0.29) is 12.1 Å². The zero-order valence-corrected chi connectivity index (χ0v) is 19.3. The predicted octanol–water partition coefficient (Wildman–Crippen LogP) is 2.40. The fourth-order valence-electron chi connectivity index (χ4n) is 3.17. The normalized spacial score (nSPS) is 17.3. The van der Waals surface area contributed by atoms with Gasteiger partial charge in [0.15, 0.2) is 15.7 Å². The van der Waals surface area contributed by atoms with Crippen molar-refractivity contribution in [1.29, 1.82) is 0 Å². The second-order valence-electron chi connectivity index (χ2n) is 8.12. The summed E-state index contributed by atoms with van der Waals surface area (Å²) in [5.74, 6) is 1.09. The van der Waals surface area contributed by atoms with Crippen molar-refractivity contribution in [3.05, 3.63) is 36.0 Å². The van der Waals surface area contributed by atoms with E-state index >= 15 is 0 Å². The van der Waals surface area contributed by atoms with Crippen molar-refractivity contribution in [3.63, 3.8) is 0 Å². The fourth-order valence-corrected chi connectivity index (χ4v) is 3.66. The molecule has 0 aliphatic carbocycles. The Morgan fingerprint density at radius 3 is 2.48 bits per heavy atom. The summed E-state index contributed by atoms with van der Waals surface area (Å²) in [6, 6.07) is 8.63. The Labute approximate surface area is 183 Å². The van der Waals surface area contributed by atoms with Gasteiger partial charge in [-0.15, -0.1) is 0 Å². The smallest absolute Gasteiger partial charge is 0.318 e. The Morgan fingerprint density at radius 1 is 1.23 bits per heavy atom. The Morgan fingerprint density at radius 2 is 1.90 bits per heavy atom. The van der Waals surface area contributed by atoms with Crippen LogP contribution >= 0.6 is 0 Å². The van der Waals surface area contributed by atoms with Crippen molar-refractivity contribution in [2.45, 2.75) is 31.6 Å². The maximum Gasteiger partial charge on any atom is 0.318 e. The molecule has 2 N–H and O–H groups in total. The number of carbonyl (C=O) groups is 1. The quantitative estimate of drug-likeness (QED) is 0.723. The van der Waals surface area contributed by atoms with Gasteiger partial charge in [0, 0.05) is 37.2 Å². The number of benzene rings is 1. The van der Waals surface area contributed by atoms with Crippen LogP contribution in [0, 0.1) is 0 Å². The zero-order valence-electron chi connectivity index (χ0n) is 18.5. The van der Waals surface area contributed by atoms with Crippen molar-refractivity contribution in [2.75, 3.05) is 43.3 Å². The molecule has 0 bridgehead atoms. The van der Waals surface area contributed by atoms with Gasteiger partial charge < -0.3 is 20.3 Å². The summed E-state index contributed by atoms with van der Waals surface area (Å²) in [5, 5.41) is 5.20. The Bertz CT molecular complexity index is 1050. The highest BCUT2D eigenvalue weighted by Gasteiger charge is 2.35. The molecule has 2 aromatic rings. The third kappa shape index (κ3) is 4.96. The van der Waals surface area contributed by atoms with Crippen LogP contribution < -0.4 is 15.5 Å². The number of nitrogens with one attached hydrogen (secondary N) is 2. The van der Waals surface area contributed by atoms with Gasteiger partial charge in [-0.3, -0.25) is 0 Å². The first-order valence-electron chi connectivity index (χ1n) is 10.1. The SMILES string of the molecule is CNC(=O)Nc1ccc(-c2nc(N3CCOC[C@@H]3C)cc(C(C)(C)S(C)(=O)=O)n2)cc1. The lowest BCUT2D eigenvalue weighted by Gasteiger charge is -2.35. The van der Waals surface area contributed by atoms with Crippen molar-refractivity contribution < 1.29 is 17.9 Å². The fraction of sp³-hybridized carbons (Fsp3) is 0.476. The van der Waals surface area contributed by atoms with Crippen LogP contribution in [0.2, 0.25) is 0 Å². The summed E-state index contributed by atoms with van der Waals surface area (Å²) in [5.41, 5.74) is 1.77. The summed E-state index contributed by atoms with van der Waals surface area (Å²) >= 11 is 0. The average molecular weight is 448 g/mol. The van der Waals surface area contributed by atoms with E-state index in [2.05, 4.69) is 20.5 Å². The first kappa shape index (κ1) is 23.0. The molecular weight excluding hydrogens is 418 g/mol. The number of carbonyl (C=O) groups excluding carboxylic acids is 1. The summed E-state index contributed by atoms with van der Waals surface area (Å²) < 4.78 is 29.3. The number of hydrogen-bond donors (Lipinski definition) is 2. The number of sulfone groups is 1. The first-order chi connectivity index (χ1) is 14.5. The van der Waals surface area contributed by atoms with Crippen LogP contribution in [-0.4, -0.2) is 63.5 Å². The molecule has 1 aliphatic rings. The summed E-state index contributed by atoms with van der Waals surface area (Å²) in [6.07, 6.45) is 1.21. The average Bonchev–Trinajstić information content (AvgIpc) is 2.73. The van der Waals surface area contributed by atoms with Gasteiger partial charge in [-0.25, -0.2) is 23.2 Å².